The number of carbonyl (C=O) groups excluding carboxylic acids is 1. The molecule has 4 aliphatic carbocycles. The topological polar surface area (TPSA) is 75.6 Å². The minimum atomic E-state index is -0.990. The van der Waals surface area contributed by atoms with Crippen molar-refractivity contribution >= 4 is 12.1 Å². The zero-order valence-corrected chi connectivity index (χ0v) is 13.5. The van der Waals surface area contributed by atoms with Crippen molar-refractivity contribution in [3.63, 3.8) is 0 Å². The summed E-state index contributed by atoms with van der Waals surface area (Å²) >= 11 is 0. The molecule has 0 heterocycles. The van der Waals surface area contributed by atoms with E-state index < -0.39 is 18.1 Å². The molecule has 0 saturated heterocycles. The van der Waals surface area contributed by atoms with Crippen LogP contribution in [0.15, 0.2) is 0 Å². The van der Waals surface area contributed by atoms with E-state index in [1.165, 1.54) is 19.3 Å². The Morgan fingerprint density at radius 3 is 2.05 bits per heavy atom. The summed E-state index contributed by atoms with van der Waals surface area (Å²) in [4.78, 5) is 23.5. The fourth-order valence-electron chi connectivity index (χ4n) is 5.22. The van der Waals surface area contributed by atoms with Crippen LogP contribution >= 0.6 is 0 Å². The van der Waals surface area contributed by atoms with Crippen LogP contribution in [0.3, 0.4) is 0 Å². The van der Waals surface area contributed by atoms with Gasteiger partial charge in [-0.15, -0.1) is 0 Å². The molecule has 0 aromatic heterocycles. The molecule has 0 unspecified atom stereocenters. The molecule has 0 radical (unpaired) electrons. The smallest absolute Gasteiger partial charge is 0.408 e. The normalized spacial score (nSPS) is 37.1. The summed E-state index contributed by atoms with van der Waals surface area (Å²) in [5, 5.41) is 11.8. The summed E-state index contributed by atoms with van der Waals surface area (Å²) in [6.07, 6.45) is 6.64. The van der Waals surface area contributed by atoms with Crippen molar-refractivity contribution in [3.8, 4) is 0 Å². The number of ether oxygens (including phenoxy) is 1. The lowest BCUT2D eigenvalue weighted by molar-refractivity contribution is -0.142. The molecule has 4 bridgehead atoms. The van der Waals surface area contributed by atoms with Crippen LogP contribution < -0.4 is 5.32 Å². The molecule has 0 aliphatic heterocycles. The fourth-order valence-corrected chi connectivity index (χ4v) is 5.22. The van der Waals surface area contributed by atoms with E-state index in [0.29, 0.717) is 24.2 Å². The summed E-state index contributed by atoms with van der Waals surface area (Å²) < 4.78 is 5.80. The first-order chi connectivity index (χ1) is 10.3. The third-order valence-electron chi connectivity index (χ3n) is 5.59. The van der Waals surface area contributed by atoms with Crippen LogP contribution in [0.1, 0.15) is 58.8 Å². The second kappa shape index (κ2) is 5.74. The lowest BCUT2D eigenvalue weighted by Crippen LogP contribution is -2.54. The highest BCUT2D eigenvalue weighted by atomic mass is 16.6. The molecule has 1 amide bonds. The number of alkyl carbamates (subject to hydrolysis) is 1. The largest absolute Gasteiger partial charge is 0.480 e. The minimum Gasteiger partial charge on any atom is -0.480 e. The second-order valence-electron chi connectivity index (χ2n) is 8.15. The Balaban J connectivity index is 1.60. The lowest BCUT2D eigenvalue weighted by Gasteiger charge is -2.55. The number of aliphatic carboxylic acids is 1. The van der Waals surface area contributed by atoms with Gasteiger partial charge in [-0.25, -0.2) is 9.59 Å². The summed E-state index contributed by atoms with van der Waals surface area (Å²) in [6, 6.07) is -0.860. The van der Waals surface area contributed by atoms with Gasteiger partial charge in [0, 0.05) is 0 Å². The van der Waals surface area contributed by atoms with E-state index in [0.717, 1.165) is 19.3 Å². The van der Waals surface area contributed by atoms with Crippen molar-refractivity contribution < 1.29 is 19.4 Å². The van der Waals surface area contributed by atoms with E-state index in [4.69, 9.17) is 4.74 Å². The molecule has 0 aromatic rings. The van der Waals surface area contributed by atoms with Crippen molar-refractivity contribution in [2.24, 2.45) is 23.7 Å². The van der Waals surface area contributed by atoms with Gasteiger partial charge in [0.25, 0.3) is 0 Å². The van der Waals surface area contributed by atoms with Gasteiger partial charge in [0.05, 0.1) is 0 Å². The van der Waals surface area contributed by atoms with E-state index in [1.54, 1.807) is 0 Å². The first kappa shape index (κ1) is 15.6. The molecule has 4 fully saturated rings. The Kier molecular flexibility index (Phi) is 4.08. The van der Waals surface area contributed by atoms with Crippen LogP contribution in [-0.4, -0.2) is 28.8 Å². The van der Waals surface area contributed by atoms with Crippen LogP contribution in [0, 0.1) is 23.7 Å². The van der Waals surface area contributed by atoms with E-state index in [-0.39, 0.29) is 11.5 Å². The fraction of sp³-hybridized carbons (Fsp3) is 0.882. The Hall–Kier alpha value is -1.26. The average Bonchev–Trinajstić information content (AvgIpc) is 2.34. The van der Waals surface area contributed by atoms with Gasteiger partial charge >= 0.3 is 12.1 Å². The van der Waals surface area contributed by atoms with Crippen molar-refractivity contribution in [2.45, 2.75) is 70.4 Å². The third-order valence-corrected chi connectivity index (χ3v) is 5.59. The summed E-state index contributed by atoms with van der Waals surface area (Å²) in [5.41, 5.74) is -0.320. The maximum atomic E-state index is 12.2. The molecule has 5 heteroatoms. The molecule has 4 saturated carbocycles. The summed E-state index contributed by atoms with van der Waals surface area (Å²) in [5.74, 6) is 1.32. The van der Waals surface area contributed by atoms with Crippen molar-refractivity contribution in [3.05, 3.63) is 0 Å². The number of carbonyl (C=O) groups is 2. The quantitative estimate of drug-likeness (QED) is 0.818. The number of carboxylic acids is 1. The second-order valence-corrected chi connectivity index (χ2v) is 8.15. The van der Waals surface area contributed by atoms with E-state index in [2.05, 4.69) is 5.32 Å². The number of amides is 1. The first-order valence-corrected chi connectivity index (χ1v) is 8.57. The zero-order chi connectivity index (χ0) is 15.9. The Bertz CT molecular complexity index is 424. The molecule has 5 nitrogen and oxygen atoms in total. The van der Waals surface area contributed by atoms with Crippen molar-refractivity contribution in [1.29, 1.82) is 0 Å². The van der Waals surface area contributed by atoms with Gasteiger partial charge in [-0.1, -0.05) is 13.8 Å². The number of hydrogen-bond acceptors (Lipinski definition) is 3. The Labute approximate surface area is 131 Å². The van der Waals surface area contributed by atoms with Gasteiger partial charge in [0.15, 0.2) is 0 Å². The number of hydrogen-bond donors (Lipinski definition) is 2. The highest BCUT2D eigenvalue weighted by Crippen LogP contribution is 2.57. The maximum Gasteiger partial charge on any atom is 0.408 e. The van der Waals surface area contributed by atoms with Gasteiger partial charge in [-0.3, -0.25) is 0 Å². The van der Waals surface area contributed by atoms with Gasteiger partial charge in [-0.2, -0.15) is 0 Å². The van der Waals surface area contributed by atoms with E-state index >= 15 is 0 Å². The van der Waals surface area contributed by atoms with Gasteiger partial charge in [0.2, 0.25) is 0 Å². The molecule has 1 atom stereocenters. The number of rotatable bonds is 5. The van der Waals surface area contributed by atoms with Crippen molar-refractivity contribution in [2.75, 3.05) is 0 Å². The number of nitrogens with one attached hydrogen (secondary N) is 1. The molecule has 4 aliphatic rings. The van der Waals surface area contributed by atoms with Crippen LogP contribution in [0.5, 0.6) is 0 Å². The standard InChI is InChI=1S/C17H27NO4/c1-10(2)3-14(15(19)20)18-16(21)22-17-7-11-4-12(8-17)6-13(5-11)9-17/h10-14H,3-9H2,1-2H3,(H,18,21)(H,19,20)/t11?,12?,13?,14-,17?/m0/s1. The molecule has 4 rings (SSSR count). The monoisotopic (exact) mass is 309 g/mol. The maximum absolute atomic E-state index is 12.2. The molecular formula is C17H27NO4. The van der Waals surface area contributed by atoms with Gasteiger partial charge in [0.1, 0.15) is 11.6 Å². The lowest BCUT2D eigenvalue weighted by atomic mass is 9.54. The van der Waals surface area contributed by atoms with Gasteiger partial charge < -0.3 is 15.2 Å². The molecule has 0 aromatic carbocycles. The molecule has 124 valence electrons. The molecule has 0 spiro atoms. The highest BCUT2D eigenvalue weighted by Gasteiger charge is 2.53. The predicted octanol–water partition coefficient (Wildman–Crippen LogP) is 3.18. The first-order valence-electron chi connectivity index (χ1n) is 8.57. The average molecular weight is 309 g/mol. The molecular weight excluding hydrogens is 282 g/mol. The van der Waals surface area contributed by atoms with Crippen LogP contribution in [0.4, 0.5) is 4.79 Å². The highest BCUT2D eigenvalue weighted by molar-refractivity contribution is 5.80. The van der Waals surface area contributed by atoms with E-state index in [1.807, 2.05) is 13.8 Å². The zero-order valence-electron chi connectivity index (χ0n) is 13.5. The van der Waals surface area contributed by atoms with Crippen molar-refractivity contribution in [1.82, 2.24) is 5.32 Å². The summed E-state index contributed by atoms with van der Waals surface area (Å²) in [7, 11) is 0. The third kappa shape index (κ3) is 3.23. The molecule has 22 heavy (non-hydrogen) atoms. The minimum absolute atomic E-state index is 0.209. The SMILES string of the molecule is CC(C)C[C@H](NC(=O)OC12CC3CC(CC(C3)C1)C2)C(=O)O. The molecule has 2 N–H and O–H groups in total. The number of carboxylic acid groups (broad SMARTS) is 1. The van der Waals surface area contributed by atoms with E-state index in [9.17, 15) is 14.7 Å². The Morgan fingerprint density at radius 1 is 1.14 bits per heavy atom. The Morgan fingerprint density at radius 2 is 1.64 bits per heavy atom. The summed E-state index contributed by atoms with van der Waals surface area (Å²) in [6.45, 7) is 3.89. The van der Waals surface area contributed by atoms with Gasteiger partial charge in [-0.05, 0) is 68.6 Å². The van der Waals surface area contributed by atoms with Crippen LogP contribution in [-0.2, 0) is 9.53 Å². The van der Waals surface area contributed by atoms with Crippen LogP contribution in [0.2, 0.25) is 0 Å². The van der Waals surface area contributed by atoms with Crippen LogP contribution in [0.25, 0.3) is 0 Å². The predicted molar refractivity (Wildman–Crippen MR) is 81.4 cm³/mol.